The van der Waals surface area contributed by atoms with Gasteiger partial charge in [-0.15, -0.1) is 0 Å². The summed E-state index contributed by atoms with van der Waals surface area (Å²) in [6, 6.07) is 16.7. The molecule has 31 heavy (non-hydrogen) atoms. The highest BCUT2D eigenvalue weighted by atomic mass is 19.4. The summed E-state index contributed by atoms with van der Waals surface area (Å²) < 4.78 is 43.8. The molecule has 0 fully saturated rings. The fraction of sp³-hybridized carbons (Fsp3) is 0.0476. The predicted molar refractivity (Wildman–Crippen MR) is 107 cm³/mol. The van der Waals surface area contributed by atoms with Gasteiger partial charge in [-0.25, -0.2) is 4.98 Å². The van der Waals surface area contributed by atoms with E-state index >= 15 is 0 Å². The second-order valence-electron chi connectivity index (χ2n) is 6.44. The van der Waals surface area contributed by atoms with Crippen LogP contribution >= 0.6 is 0 Å². The molecule has 0 saturated carbocycles. The lowest BCUT2D eigenvalue weighted by Crippen LogP contribution is -2.06. The normalized spacial score (nSPS) is 11.3. The molecule has 0 aliphatic carbocycles. The molecule has 0 radical (unpaired) electrons. The minimum atomic E-state index is -4.49. The van der Waals surface area contributed by atoms with E-state index in [0.29, 0.717) is 5.75 Å². The van der Waals surface area contributed by atoms with Gasteiger partial charge in [0.1, 0.15) is 12.1 Å². The highest BCUT2D eigenvalue weighted by Gasteiger charge is 2.30. The maximum Gasteiger partial charge on any atom is 0.416 e. The molecule has 0 aliphatic heterocycles. The van der Waals surface area contributed by atoms with E-state index < -0.39 is 22.4 Å². The summed E-state index contributed by atoms with van der Waals surface area (Å²) in [7, 11) is 0. The second-order valence-corrected chi connectivity index (χ2v) is 6.44. The Morgan fingerprint density at radius 2 is 1.65 bits per heavy atom. The predicted octanol–water partition coefficient (Wildman–Crippen LogP) is 6.09. The Bertz CT molecular complexity index is 1260. The molecule has 1 aromatic heterocycles. The molecular weight excluding hydrogens is 413 g/mol. The Labute approximate surface area is 173 Å². The van der Waals surface area contributed by atoms with Crippen LogP contribution < -0.4 is 10.1 Å². The summed E-state index contributed by atoms with van der Waals surface area (Å²) in [6.45, 7) is 0. The molecule has 4 rings (SSSR count). The van der Waals surface area contributed by atoms with Gasteiger partial charge < -0.3 is 10.1 Å². The molecule has 0 aliphatic rings. The number of nitro groups is 1. The van der Waals surface area contributed by atoms with Gasteiger partial charge in [-0.2, -0.15) is 18.2 Å². The number of nitrogens with one attached hydrogen (secondary N) is 1. The summed E-state index contributed by atoms with van der Waals surface area (Å²) in [5, 5.41) is 16.2. The summed E-state index contributed by atoms with van der Waals surface area (Å²) in [4.78, 5) is 18.7. The second kappa shape index (κ2) is 7.90. The van der Waals surface area contributed by atoms with Gasteiger partial charge in [0.25, 0.3) is 0 Å². The van der Waals surface area contributed by atoms with Crippen LogP contribution in [0.1, 0.15) is 5.56 Å². The maximum absolute atomic E-state index is 12.7. The average Bonchev–Trinajstić information content (AvgIpc) is 2.73. The lowest BCUT2D eigenvalue weighted by Gasteiger charge is -2.11. The Morgan fingerprint density at radius 1 is 0.935 bits per heavy atom. The molecular formula is C21H13F3N4O3. The van der Waals surface area contributed by atoms with Crippen molar-refractivity contribution >= 4 is 28.0 Å². The Kier molecular flexibility index (Phi) is 5.12. The third-order valence-electron chi connectivity index (χ3n) is 4.38. The molecule has 0 atom stereocenters. The SMILES string of the molecule is O=[N+]([O-])c1c(Nc2ccc(C(F)(F)F)cc2)ncnc1Oc1ccc2ccccc2c1. The van der Waals surface area contributed by atoms with Crippen molar-refractivity contribution in [2.45, 2.75) is 6.18 Å². The van der Waals surface area contributed by atoms with E-state index in [1.165, 1.54) is 0 Å². The van der Waals surface area contributed by atoms with E-state index in [1.54, 1.807) is 18.2 Å². The fourth-order valence-electron chi connectivity index (χ4n) is 2.92. The number of rotatable bonds is 5. The first-order valence-corrected chi connectivity index (χ1v) is 8.91. The van der Waals surface area contributed by atoms with E-state index in [4.69, 9.17) is 4.74 Å². The molecule has 0 saturated heterocycles. The van der Waals surface area contributed by atoms with Crippen LogP contribution in [0.4, 0.5) is 30.4 Å². The number of nitrogens with zero attached hydrogens (tertiary/aromatic N) is 3. The molecule has 0 unspecified atom stereocenters. The van der Waals surface area contributed by atoms with Gasteiger partial charge in [0, 0.05) is 5.69 Å². The van der Waals surface area contributed by atoms with Crippen LogP contribution in [0.2, 0.25) is 0 Å². The van der Waals surface area contributed by atoms with E-state index in [-0.39, 0.29) is 17.4 Å². The van der Waals surface area contributed by atoms with E-state index in [0.717, 1.165) is 41.4 Å². The zero-order valence-corrected chi connectivity index (χ0v) is 15.6. The number of benzene rings is 3. The Morgan fingerprint density at radius 3 is 2.32 bits per heavy atom. The molecule has 10 heteroatoms. The van der Waals surface area contributed by atoms with Crippen molar-refractivity contribution in [2.24, 2.45) is 0 Å². The number of aromatic nitrogens is 2. The smallest absolute Gasteiger partial charge is 0.416 e. The first-order valence-electron chi connectivity index (χ1n) is 8.91. The lowest BCUT2D eigenvalue weighted by molar-refractivity contribution is -0.385. The molecule has 1 N–H and O–H groups in total. The van der Waals surface area contributed by atoms with Crippen molar-refractivity contribution < 1.29 is 22.8 Å². The zero-order chi connectivity index (χ0) is 22.0. The van der Waals surface area contributed by atoms with Crippen molar-refractivity contribution in [3.8, 4) is 11.6 Å². The van der Waals surface area contributed by atoms with Crippen LogP contribution in [0.25, 0.3) is 10.8 Å². The first kappa shape index (κ1) is 20.1. The monoisotopic (exact) mass is 426 g/mol. The molecule has 1 heterocycles. The van der Waals surface area contributed by atoms with Crippen LogP contribution in [0, 0.1) is 10.1 Å². The molecule has 0 amide bonds. The Balaban J connectivity index is 1.65. The topological polar surface area (TPSA) is 90.2 Å². The molecule has 7 nitrogen and oxygen atoms in total. The highest BCUT2D eigenvalue weighted by Crippen LogP contribution is 2.37. The standard InChI is InChI=1S/C21H13F3N4O3/c22-21(23,24)15-6-8-16(9-7-15)27-19-18(28(29)30)20(26-12-25-19)31-17-10-5-13-3-1-2-4-14(13)11-17/h1-12H,(H,25,26,27). The third-order valence-corrected chi connectivity index (χ3v) is 4.38. The van der Waals surface area contributed by atoms with Gasteiger partial charge in [0.2, 0.25) is 5.82 Å². The van der Waals surface area contributed by atoms with Crippen molar-refractivity contribution in [2.75, 3.05) is 5.32 Å². The third kappa shape index (κ3) is 4.37. The van der Waals surface area contributed by atoms with Crippen LogP contribution in [-0.4, -0.2) is 14.9 Å². The van der Waals surface area contributed by atoms with Crippen molar-refractivity contribution in [1.82, 2.24) is 9.97 Å². The number of alkyl halides is 3. The van der Waals surface area contributed by atoms with Gasteiger partial charge >= 0.3 is 17.7 Å². The minimum Gasteiger partial charge on any atom is -0.434 e. The number of halogens is 3. The van der Waals surface area contributed by atoms with Gasteiger partial charge in [0.05, 0.1) is 10.5 Å². The lowest BCUT2D eigenvalue weighted by atomic mass is 10.1. The summed E-state index contributed by atoms with van der Waals surface area (Å²) >= 11 is 0. The first-order chi connectivity index (χ1) is 14.8. The summed E-state index contributed by atoms with van der Waals surface area (Å²) in [5.74, 6) is -0.179. The maximum atomic E-state index is 12.7. The average molecular weight is 426 g/mol. The Hall–Kier alpha value is -4.21. The molecule has 3 aromatic carbocycles. The van der Waals surface area contributed by atoms with E-state index in [9.17, 15) is 23.3 Å². The van der Waals surface area contributed by atoms with Crippen LogP contribution in [0.5, 0.6) is 11.6 Å². The van der Waals surface area contributed by atoms with Crippen LogP contribution in [0.3, 0.4) is 0 Å². The van der Waals surface area contributed by atoms with Crippen molar-refractivity contribution in [3.63, 3.8) is 0 Å². The van der Waals surface area contributed by atoms with Crippen molar-refractivity contribution in [3.05, 3.63) is 88.7 Å². The number of hydrogen-bond donors (Lipinski definition) is 1. The number of hydrogen-bond acceptors (Lipinski definition) is 6. The van der Waals surface area contributed by atoms with E-state index in [1.807, 2.05) is 24.3 Å². The molecule has 4 aromatic rings. The molecule has 0 spiro atoms. The largest absolute Gasteiger partial charge is 0.434 e. The summed E-state index contributed by atoms with van der Waals surface area (Å²) in [5.41, 5.74) is -1.20. The molecule has 156 valence electrons. The van der Waals surface area contributed by atoms with E-state index in [2.05, 4.69) is 15.3 Å². The zero-order valence-electron chi connectivity index (χ0n) is 15.6. The number of fused-ring (bicyclic) bond motifs is 1. The van der Waals surface area contributed by atoms with Gasteiger partial charge in [0.15, 0.2) is 0 Å². The van der Waals surface area contributed by atoms with Gasteiger partial charge in [-0.3, -0.25) is 10.1 Å². The van der Waals surface area contributed by atoms with Crippen LogP contribution in [0.15, 0.2) is 73.1 Å². The highest BCUT2D eigenvalue weighted by molar-refractivity contribution is 5.83. The number of anilines is 2. The number of ether oxygens (including phenoxy) is 1. The van der Waals surface area contributed by atoms with Gasteiger partial charge in [-0.1, -0.05) is 30.3 Å². The minimum absolute atomic E-state index is 0.187. The van der Waals surface area contributed by atoms with Crippen molar-refractivity contribution in [1.29, 1.82) is 0 Å². The quantitative estimate of drug-likeness (QED) is 0.307. The molecule has 0 bridgehead atoms. The summed E-state index contributed by atoms with van der Waals surface area (Å²) in [6.07, 6.45) is -3.42. The van der Waals surface area contributed by atoms with Gasteiger partial charge in [-0.05, 0) is 47.2 Å². The van der Waals surface area contributed by atoms with Crippen LogP contribution in [-0.2, 0) is 6.18 Å². The fourth-order valence-corrected chi connectivity index (χ4v) is 2.92.